The number of carbonyl (C=O) groups excluding carboxylic acids is 1. The fourth-order valence-corrected chi connectivity index (χ4v) is 1.28. The summed E-state index contributed by atoms with van der Waals surface area (Å²) in [5.41, 5.74) is 7.87. The minimum Gasteiger partial charge on any atom is -0.398 e. The molecule has 0 bridgehead atoms. The van der Waals surface area contributed by atoms with Gasteiger partial charge < -0.3 is 15.8 Å². The van der Waals surface area contributed by atoms with Gasteiger partial charge in [0.25, 0.3) is 0 Å². The van der Waals surface area contributed by atoms with Gasteiger partial charge >= 0.3 is 0 Å². The maximum atomic E-state index is 11.7. The molecule has 0 aliphatic heterocycles. The van der Waals surface area contributed by atoms with Crippen molar-refractivity contribution in [3.05, 3.63) is 23.8 Å². The molecule has 0 radical (unpaired) electrons. The van der Waals surface area contributed by atoms with Gasteiger partial charge in [0.2, 0.25) is 5.91 Å². The van der Waals surface area contributed by atoms with Crippen LogP contribution in [0.1, 0.15) is 32.8 Å². The van der Waals surface area contributed by atoms with Crippen LogP contribution in [0.25, 0.3) is 0 Å². The van der Waals surface area contributed by atoms with E-state index in [0.29, 0.717) is 11.4 Å². The zero-order chi connectivity index (χ0) is 13.8. The van der Waals surface area contributed by atoms with Gasteiger partial charge in [-0.05, 0) is 44.9 Å². The summed E-state index contributed by atoms with van der Waals surface area (Å²) in [6.45, 7) is 7.93. The number of hydrogen-bond acceptors (Lipinski definition) is 3. The van der Waals surface area contributed by atoms with Crippen LogP contribution in [0, 0.1) is 6.92 Å². The second kappa shape index (κ2) is 5.87. The predicted octanol–water partition coefficient (Wildman–Crippen LogP) is 2.72. The summed E-state index contributed by atoms with van der Waals surface area (Å²) < 4.78 is 5.52. The van der Waals surface area contributed by atoms with Crippen LogP contribution >= 0.6 is 0 Å². The Morgan fingerprint density at radius 2 is 2.11 bits per heavy atom. The normalized spacial score (nSPS) is 11.3. The molecule has 100 valence electrons. The summed E-state index contributed by atoms with van der Waals surface area (Å²) in [6, 6.07) is 5.45. The second-order valence-electron chi connectivity index (χ2n) is 5.02. The van der Waals surface area contributed by atoms with Crippen LogP contribution in [-0.4, -0.2) is 18.1 Å². The van der Waals surface area contributed by atoms with Gasteiger partial charge in [0.15, 0.2) is 0 Å². The maximum absolute atomic E-state index is 11.7. The number of nitrogen functional groups attached to an aromatic ring is 1. The van der Waals surface area contributed by atoms with Gasteiger partial charge in [-0.25, -0.2) is 0 Å². The Balaban J connectivity index is 2.52. The molecule has 0 fully saturated rings. The van der Waals surface area contributed by atoms with Crippen LogP contribution in [0.5, 0.6) is 0 Å². The molecule has 0 aliphatic carbocycles. The number of nitrogens with two attached hydrogens (primary N) is 1. The van der Waals surface area contributed by atoms with E-state index in [-0.39, 0.29) is 18.1 Å². The molecule has 0 saturated heterocycles. The number of ether oxygens (including phenoxy) is 1. The van der Waals surface area contributed by atoms with Crippen LogP contribution in [-0.2, 0) is 9.53 Å². The Labute approximate surface area is 109 Å². The van der Waals surface area contributed by atoms with E-state index >= 15 is 0 Å². The molecule has 0 aliphatic rings. The Bertz CT molecular complexity index is 428. The molecule has 4 nitrogen and oxygen atoms in total. The first-order valence-electron chi connectivity index (χ1n) is 6.14. The quantitative estimate of drug-likeness (QED) is 0.790. The van der Waals surface area contributed by atoms with Gasteiger partial charge in [0.05, 0.1) is 5.60 Å². The highest BCUT2D eigenvalue weighted by Crippen LogP contribution is 2.17. The molecule has 0 atom stereocenters. The molecule has 0 saturated carbocycles. The highest BCUT2D eigenvalue weighted by atomic mass is 16.5. The summed E-state index contributed by atoms with van der Waals surface area (Å²) >= 11 is 0. The minimum absolute atomic E-state index is 0.0502. The zero-order valence-corrected chi connectivity index (χ0v) is 11.5. The lowest BCUT2D eigenvalue weighted by Crippen LogP contribution is -2.29. The number of carbonyl (C=O) groups is 1. The topological polar surface area (TPSA) is 64.3 Å². The van der Waals surface area contributed by atoms with E-state index in [1.54, 1.807) is 6.07 Å². The van der Waals surface area contributed by atoms with E-state index in [2.05, 4.69) is 5.32 Å². The van der Waals surface area contributed by atoms with Crippen molar-refractivity contribution in [3.63, 3.8) is 0 Å². The standard InChI is InChI=1S/C14H22N2O2/c1-5-14(3,4)18-9-13(17)16-11-7-6-10(2)12(15)8-11/h6-8H,5,9,15H2,1-4H3,(H,16,17). The van der Waals surface area contributed by atoms with Gasteiger partial charge in [-0.15, -0.1) is 0 Å². The molecule has 1 amide bonds. The smallest absolute Gasteiger partial charge is 0.250 e. The average molecular weight is 250 g/mol. The van der Waals surface area contributed by atoms with Crippen molar-refractivity contribution in [1.82, 2.24) is 0 Å². The molecule has 1 aromatic carbocycles. The van der Waals surface area contributed by atoms with E-state index in [1.807, 2.05) is 39.8 Å². The van der Waals surface area contributed by atoms with Crippen molar-refractivity contribution in [3.8, 4) is 0 Å². The second-order valence-corrected chi connectivity index (χ2v) is 5.02. The molecule has 3 N–H and O–H groups in total. The molecule has 4 heteroatoms. The summed E-state index contributed by atoms with van der Waals surface area (Å²) in [4.78, 5) is 11.7. The Morgan fingerprint density at radius 1 is 1.44 bits per heavy atom. The molecular formula is C14H22N2O2. The number of hydrogen-bond donors (Lipinski definition) is 2. The van der Waals surface area contributed by atoms with E-state index in [9.17, 15) is 4.79 Å². The maximum Gasteiger partial charge on any atom is 0.250 e. The zero-order valence-electron chi connectivity index (χ0n) is 11.5. The van der Waals surface area contributed by atoms with Crippen molar-refractivity contribution in [2.24, 2.45) is 0 Å². The molecule has 0 aromatic heterocycles. The highest BCUT2D eigenvalue weighted by molar-refractivity contribution is 5.92. The number of amides is 1. The van der Waals surface area contributed by atoms with Gasteiger partial charge in [0, 0.05) is 11.4 Å². The van der Waals surface area contributed by atoms with E-state index in [1.165, 1.54) is 0 Å². The van der Waals surface area contributed by atoms with Crippen molar-refractivity contribution in [1.29, 1.82) is 0 Å². The number of nitrogens with one attached hydrogen (secondary N) is 1. The summed E-state index contributed by atoms with van der Waals surface area (Å²) in [6.07, 6.45) is 0.859. The monoisotopic (exact) mass is 250 g/mol. The third kappa shape index (κ3) is 4.37. The van der Waals surface area contributed by atoms with Crippen molar-refractivity contribution in [2.45, 2.75) is 39.7 Å². The van der Waals surface area contributed by atoms with Crippen molar-refractivity contribution in [2.75, 3.05) is 17.7 Å². The molecule has 0 unspecified atom stereocenters. The lowest BCUT2D eigenvalue weighted by Gasteiger charge is -2.23. The summed E-state index contributed by atoms with van der Waals surface area (Å²) in [7, 11) is 0. The third-order valence-corrected chi connectivity index (χ3v) is 3.01. The van der Waals surface area contributed by atoms with E-state index < -0.39 is 0 Å². The van der Waals surface area contributed by atoms with Gasteiger partial charge in [0.1, 0.15) is 6.61 Å². The molecule has 0 heterocycles. The third-order valence-electron chi connectivity index (χ3n) is 3.01. The van der Waals surface area contributed by atoms with Gasteiger partial charge in [-0.3, -0.25) is 4.79 Å². The van der Waals surface area contributed by atoms with Crippen LogP contribution in [0.15, 0.2) is 18.2 Å². The molecule has 18 heavy (non-hydrogen) atoms. The lowest BCUT2D eigenvalue weighted by molar-refractivity contribution is -0.126. The Morgan fingerprint density at radius 3 is 2.67 bits per heavy atom. The fourth-order valence-electron chi connectivity index (χ4n) is 1.28. The highest BCUT2D eigenvalue weighted by Gasteiger charge is 2.17. The van der Waals surface area contributed by atoms with Crippen LogP contribution in [0.2, 0.25) is 0 Å². The first-order valence-corrected chi connectivity index (χ1v) is 6.14. The fraction of sp³-hybridized carbons (Fsp3) is 0.500. The first kappa shape index (κ1) is 14.5. The first-order chi connectivity index (χ1) is 8.34. The number of benzene rings is 1. The average Bonchev–Trinajstić information content (AvgIpc) is 2.32. The summed E-state index contributed by atoms with van der Waals surface area (Å²) in [5.74, 6) is -0.167. The minimum atomic E-state index is -0.274. The number of aryl methyl sites for hydroxylation is 1. The van der Waals surface area contributed by atoms with Crippen molar-refractivity contribution < 1.29 is 9.53 Å². The van der Waals surface area contributed by atoms with E-state index in [0.717, 1.165) is 12.0 Å². The van der Waals surface area contributed by atoms with Gasteiger partial charge in [-0.2, -0.15) is 0 Å². The molecular weight excluding hydrogens is 228 g/mol. The SMILES string of the molecule is CCC(C)(C)OCC(=O)Nc1ccc(C)c(N)c1. The number of rotatable bonds is 5. The molecule has 1 rings (SSSR count). The van der Waals surface area contributed by atoms with Crippen LogP contribution in [0.3, 0.4) is 0 Å². The van der Waals surface area contributed by atoms with Crippen LogP contribution < -0.4 is 11.1 Å². The van der Waals surface area contributed by atoms with Crippen molar-refractivity contribution >= 4 is 17.3 Å². The number of anilines is 2. The molecule has 1 aromatic rings. The van der Waals surface area contributed by atoms with Gasteiger partial charge in [-0.1, -0.05) is 13.0 Å². The lowest BCUT2D eigenvalue weighted by atomic mass is 10.1. The Hall–Kier alpha value is -1.55. The summed E-state index contributed by atoms with van der Waals surface area (Å²) in [5, 5.41) is 2.76. The largest absolute Gasteiger partial charge is 0.398 e. The van der Waals surface area contributed by atoms with E-state index in [4.69, 9.17) is 10.5 Å². The predicted molar refractivity (Wildman–Crippen MR) is 74.5 cm³/mol. The molecule has 0 spiro atoms. The Kier molecular flexibility index (Phi) is 4.73. The van der Waals surface area contributed by atoms with Crippen LogP contribution in [0.4, 0.5) is 11.4 Å².